The Labute approximate surface area is 85.8 Å². The Balaban J connectivity index is 2.89. The molecule has 0 bridgehead atoms. The van der Waals surface area contributed by atoms with Crippen LogP contribution >= 0.6 is 23.2 Å². The summed E-state index contributed by atoms with van der Waals surface area (Å²) in [5, 5.41) is 9.12. The van der Waals surface area contributed by atoms with Gasteiger partial charge >= 0.3 is 0 Å². The Morgan fingerprint density at radius 1 is 1.08 bits per heavy atom. The van der Waals surface area contributed by atoms with Crippen molar-refractivity contribution in [3.63, 3.8) is 0 Å². The molecule has 0 saturated heterocycles. The monoisotopic (exact) mass is 222 g/mol. The van der Waals surface area contributed by atoms with Crippen molar-refractivity contribution in [1.29, 1.82) is 0 Å². The van der Waals surface area contributed by atoms with Gasteiger partial charge in [0.2, 0.25) is 0 Å². The van der Waals surface area contributed by atoms with Gasteiger partial charge in [-0.25, -0.2) is 0 Å². The fourth-order valence-electron chi connectivity index (χ4n) is 0.846. The van der Waals surface area contributed by atoms with E-state index in [0.717, 1.165) is 0 Å². The molecule has 0 radical (unpaired) electrons. The van der Waals surface area contributed by atoms with E-state index in [1.54, 1.807) is 6.07 Å². The average Bonchev–Trinajstić information content (AvgIpc) is 2.10. The van der Waals surface area contributed by atoms with Gasteiger partial charge in [-0.05, 0) is 12.1 Å². The number of alkyl halides is 2. The van der Waals surface area contributed by atoms with Crippen LogP contribution in [0.2, 0.25) is 0 Å². The minimum absolute atomic E-state index is 0.0118. The fourth-order valence-corrected chi connectivity index (χ4v) is 1.08. The van der Waals surface area contributed by atoms with E-state index < -0.39 is 0 Å². The molecule has 0 heterocycles. The molecule has 1 N–H and O–H groups in total. The topological polar surface area (TPSA) is 38.7 Å². The number of phenolic OH excluding ortho intramolecular Hbond substituents is 1. The second-order valence-electron chi connectivity index (χ2n) is 2.14. The maximum absolute atomic E-state index is 9.12. The zero-order valence-electron chi connectivity index (χ0n) is 6.67. The van der Waals surface area contributed by atoms with Crippen LogP contribution in [0.1, 0.15) is 0 Å². The smallest absolute Gasteiger partial charge is 0.166 e. The lowest BCUT2D eigenvalue weighted by Gasteiger charge is -2.08. The van der Waals surface area contributed by atoms with Gasteiger partial charge in [0.15, 0.2) is 23.6 Å². The number of phenols is 1. The average molecular weight is 223 g/mol. The second kappa shape index (κ2) is 5.04. The van der Waals surface area contributed by atoms with Gasteiger partial charge in [0.1, 0.15) is 5.75 Å². The van der Waals surface area contributed by atoms with Gasteiger partial charge in [0, 0.05) is 6.07 Å². The summed E-state index contributed by atoms with van der Waals surface area (Å²) in [6.45, 7) is 0. The van der Waals surface area contributed by atoms with Gasteiger partial charge in [-0.3, -0.25) is 0 Å². The SMILES string of the molecule is Oc1ccc(OCCl)c(OCCl)c1. The van der Waals surface area contributed by atoms with Gasteiger partial charge in [0.25, 0.3) is 0 Å². The van der Waals surface area contributed by atoms with Crippen molar-refractivity contribution < 1.29 is 14.6 Å². The van der Waals surface area contributed by atoms with Crippen molar-refractivity contribution in [2.24, 2.45) is 0 Å². The molecule has 0 aliphatic heterocycles. The van der Waals surface area contributed by atoms with Crippen LogP contribution in [0.15, 0.2) is 18.2 Å². The number of rotatable bonds is 4. The molecule has 0 aliphatic carbocycles. The zero-order chi connectivity index (χ0) is 9.68. The van der Waals surface area contributed by atoms with E-state index in [9.17, 15) is 0 Å². The maximum atomic E-state index is 9.12. The summed E-state index contributed by atoms with van der Waals surface area (Å²) in [7, 11) is 0. The summed E-state index contributed by atoms with van der Waals surface area (Å²) in [4.78, 5) is 0. The lowest BCUT2D eigenvalue weighted by Crippen LogP contribution is -1.95. The molecular weight excluding hydrogens is 215 g/mol. The van der Waals surface area contributed by atoms with Crippen molar-refractivity contribution in [2.45, 2.75) is 0 Å². The standard InChI is InChI=1S/C8H8Cl2O3/c9-4-12-7-2-1-6(11)3-8(7)13-5-10/h1-3,11H,4-5H2. The lowest BCUT2D eigenvalue weighted by atomic mass is 10.3. The summed E-state index contributed by atoms with van der Waals surface area (Å²) in [6, 6.07) is 4.44. The van der Waals surface area contributed by atoms with Crippen molar-refractivity contribution in [1.82, 2.24) is 0 Å². The van der Waals surface area contributed by atoms with Crippen LogP contribution < -0.4 is 9.47 Å². The number of hydrogen-bond acceptors (Lipinski definition) is 3. The lowest BCUT2D eigenvalue weighted by molar-refractivity contribution is 0.328. The molecule has 0 atom stereocenters. The van der Waals surface area contributed by atoms with Crippen LogP contribution in [0.4, 0.5) is 0 Å². The molecule has 1 aromatic rings. The molecule has 1 aromatic carbocycles. The number of hydrogen-bond donors (Lipinski definition) is 1. The summed E-state index contributed by atoms with van der Waals surface area (Å²) in [6.07, 6.45) is 0. The summed E-state index contributed by atoms with van der Waals surface area (Å²) < 4.78 is 10.0. The van der Waals surface area contributed by atoms with Gasteiger partial charge in [0.05, 0.1) is 0 Å². The molecule has 1 rings (SSSR count). The first-order valence-corrected chi connectivity index (χ1v) is 4.55. The minimum atomic E-state index is -0.0118. The van der Waals surface area contributed by atoms with Crippen LogP contribution in [-0.4, -0.2) is 17.2 Å². The summed E-state index contributed by atoms with van der Waals surface area (Å²) >= 11 is 10.7. The van der Waals surface area contributed by atoms with Crippen LogP contribution in [0, 0.1) is 0 Å². The van der Waals surface area contributed by atoms with Crippen LogP contribution in [0.5, 0.6) is 17.2 Å². The van der Waals surface area contributed by atoms with E-state index in [-0.39, 0.29) is 17.9 Å². The van der Waals surface area contributed by atoms with Gasteiger partial charge in [-0.2, -0.15) is 0 Å². The third kappa shape index (κ3) is 2.86. The highest BCUT2D eigenvalue weighted by molar-refractivity contribution is 6.17. The Morgan fingerprint density at radius 3 is 2.31 bits per heavy atom. The van der Waals surface area contributed by atoms with E-state index in [1.165, 1.54) is 12.1 Å². The number of benzene rings is 1. The Hall–Kier alpha value is -0.800. The van der Waals surface area contributed by atoms with Crippen LogP contribution in [0.3, 0.4) is 0 Å². The number of aromatic hydroxyl groups is 1. The Kier molecular flexibility index (Phi) is 3.99. The summed E-state index contributed by atoms with van der Waals surface area (Å²) in [5.74, 6) is 0.908. The largest absolute Gasteiger partial charge is 0.508 e. The highest BCUT2D eigenvalue weighted by atomic mass is 35.5. The first-order valence-electron chi connectivity index (χ1n) is 3.48. The van der Waals surface area contributed by atoms with Crippen molar-refractivity contribution >= 4 is 23.2 Å². The predicted molar refractivity (Wildman–Crippen MR) is 50.8 cm³/mol. The van der Waals surface area contributed by atoms with E-state index in [1.807, 2.05) is 0 Å². The van der Waals surface area contributed by atoms with E-state index in [0.29, 0.717) is 11.5 Å². The normalized spacial score (nSPS) is 9.69. The molecular formula is C8H8Cl2O3. The van der Waals surface area contributed by atoms with Gasteiger partial charge in [-0.1, -0.05) is 23.2 Å². The van der Waals surface area contributed by atoms with E-state index in [4.69, 9.17) is 37.8 Å². The third-order valence-corrected chi connectivity index (χ3v) is 1.57. The minimum Gasteiger partial charge on any atom is -0.508 e. The molecule has 0 unspecified atom stereocenters. The highest BCUT2D eigenvalue weighted by Gasteiger charge is 2.05. The molecule has 5 heteroatoms. The van der Waals surface area contributed by atoms with Crippen molar-refractivity contribution in [3.05, 3.63) is 18.2 Å². The second-order valence-corrected chi connectivity index (χ2v) is 2.57. The fraction of sp³-hybridized carbons (Fsp3) is 0.250. The van der Waals surface area contributed by atoms with E-state index in [2.05, 4.69) is 0 Å². The van der Waals surface area contributed by atoms with Crippen LogP contribution in [-0.2, 0) is 0 Å². The first kappa shape index (κ1) is 10.3. The predicted octanol–water partition coefficient (Wildman–Crippen LogP) is 2.54. The highest BCUT2D eigenvalue weighted by Crippen LogP contribution is 2.31. The molecule has 0 aliphatic rings. The summed E-state index contributed by atoms with van der Waals surface area (Å²) in [5.41, 5.74) is 0. The first-order chi connectivity index (χ1) is 6.27. The van der Waals surface area contributed by atoms with Crippen LogP contribution in [0.25, 0.3) is 0 Å². The third-order valence-electron chi connectivity index (χ3n) is 1.35. The Morgan fingerprint density at radius 2 is 1.69 bits per heavy atom. The number of halogens is 2. The van der Waals surface area contributed by atoms with Crippen molar-refractivity contribution in [2.75, 3.05) is 12.1 Å². The number of ether oxygens (including phenoxy) is 2. The maximum Gasteiger partial charge on any atom is 0.166 e. The Bertz CT molecular complexity index is 278. The van der Waals surface area contributed by atoms with Gasteiger partial charge < -0.3 is 14.6 Å². The quantitative estimate of drug-likeness (QED) is 0.797. The molecule has 72 valence electrons. The molecule has 0 saturated carbocycles. The molecule has 0 aromatic heterocycles. The zero-order valence-corrected chi connectivity index (χ0v) is 8.18. The molecule has 0 spiro atoms. The molecule has 13 heavy (non-hydrogen) atoms. The molecule has 3 nitrogen and oxygen atoms in total. The van der Waals surface area contributed by atoms with Gasteiger partial charge in [-0.15, -0.1) is 0 Å². The molecule has 0 fully saturated rings. The van der Waals surface area contributed by atoms with E-state index >= 15 is 0 Å². The molecule has 0 amide bonds. The van der Waals surface area contributed by atoms with Crippen molar-refractivity contribution in [3.8, 4) is 17.2 Å².